The molecule has 0 atom stereocenters. The standard InChI is InChI=1S/C10H6Br2.C4H8O/c11-9-3-1-7-5-10(12)4-2-8(7)6-9;1-2-4-5-3-1/h1-6H;1-4H2. The average molecular weight is 358 g/mol. The highest BCUT2D eigenvalue weighted by atomic mass is 79.9. The van der Waals surface area contributed by atoms with Gasteiger partial charge in [0.1, 0.15) is 0 Å². The fourth-order valence-corrected chi connectivity index (χ4v) is 2.46. The minimum absolute atomic E-state index is 1.00. The number of hydrogen-bond acceptors (Lipinski definition) is 1. The van der Waals surface area contributed by atoms with E-state index in [1.54, 1.807) is 0 Å². The quantitative estimate of drug-likeness (QED) is 0.632. The van der Waals surface area contributed by atoms with Crippen LogP contribution in [0.25, 0.3) is 10.8 Å². The van der Waals surface area contributed by atoms with E-state index in [1.165, 1.54) is 23.6 Å². The van der Waals surface area contributed by atoms with E-state index < -0.39 is 0 Å². The summed E-state index contributed by atoms with van der Waals surface area (Å²) < 4.78 is 7.19. The smallest absolute Gasteiger partial charge is 0.0466 e. The van der Waals surface area contributed by atoms with Crippen molar-refractivity contribution in [1.29, 1.82) is 0 Å². The summed E-state index contributed by atoms with van der Waals surface area (Å²) >= 11 is 6.88. The molecule has 0 unspecified atom stereocenters. The van der Waals surface area contributed by atoms with Gasteiger partial charge in [-0.3, -0.25) is 0 Å². The predicted octanol–water partition coefficient (Wildman–Crippen LogP) is 5.16. The van der Waals surface area contributed by atoms with Crippen LogP contribution in [0.4, 0.5) is 0 Å². The first-order valence-corrected chi connectivity index (χ1v) is 7.27. The van der Waals surface area contributed by atoms with E-state index in [-0.39, 0.29) is 0 Å². The molecule has 0 N–H and O–H groups in total. The molecule has 0 saturated carbocycles. The second-order valence-corrected chi connectivity index (χ2v) is 5.79. The SMILES string of the molecule is Brc1ccc2cc(Br)ccc2c1.C1CCOC1. The lowest BCUT2D eigenvalue weighted by molar-refractivity contribution is 0.198. The van der Waals surface area contributed by atoms with Gasteiger partial charge in [-0.05, 0) is 47.9 Å². The van der Waals surface area contributed by atoms with Gasteiger partial charge in [-0.25, -0.2) is 0 Å². The fraction of sp³-hybridized carbons (Fsp3) is 0.286. The van der Waals surface area contributed by atoms with Gasteiger partial charge in [0, 0.05) is 22.2 Å². The van der Waals surface area contributed by atoms with Crippen LogP contribution in [0.1, 0.15) is 12.8 Å². The number of rotatable bonds is 0. The zero-order valence-corrected chi connectivity index (χ0v) is 12.6. The lowest BCUT2D eigenvalue weighted by Gasteiger charge is -1.98. The molecule has 2 aromatic carbocycles. The Bertz CT molecular complexity index is 444. The summed E-state index contributed by atoms with van der Waals surface area (Å²) in [4.78, 5) is 0. The number of ether oxygens (including phenoxy) is 1. The molecule has 1 aliphatic rings. The first kappa shape index (κ1) is 13.1. The Morgan fingerprint density at radius 2 is 1.24 bits per heavy atom. The molecule has 0 amide bonds. The molecule has 2 aromatic rings. The third kappa shape index (κ3) is 4.09. The van der Waals surface area contributed by atoms with Crippen LogP contribution in [0.5, 0.6) is 0 Å². The topological polar surface area (TPSA) is 9.23 Å². The zero-order valence-electron chi connectivity index (χ0n) is 9.46. The highest BCUT2D eigenvalue weighted by Gasteiger charge is 1.95. The van der Waals surface area contributed by atoms with Crippen LogP contribution in [0.2, 0.25) is 0 Å². The second-order valence-electron chi connectivity index (χ2n) is 3.96. The van der Waals surface area contributed by atoms with Gasteiger partial charge in [-0.1, -0.05) is 44.0 Å². The Labute approximate surface area is 118 Å². The van der Waals surface area contributed by atoms with Crippen LogP contribution in [0, 0.1) is 0 Å². The van der Waals surface area contributed by atoms with E-state index in [4.69, 9.17) is 4.74 Å². The summed E-state index contributed by atoms with van der Waals surface area (Å²) in [5, 5.41) is 2.51. The summed E-state index contributed by atoms with van der Waals surface area (Å²) in [6.45, 7) is 2.00. The van der Waals surface area contributed by atoms with Crippen molar-refractivity contribution in [2.75, 3.05) is 13.2 Å². The van der Waals surface area contributed by atoms with Crippen LogP contribution in [-0.2, 0) is 4.74 Å². The van der Waals surface area contributed by atoms with Crippen molar-refractivity contribution in [3.63, 3.8) is 0 Å². The van der Waals surface area contributed by atoms with Crippen molar-refractivity contribution >= 4 is 42.6 Å². The van der Waals surface area contributed by atoms with Gasteiger partial charge in [-0.15, -0.1) is 0 Å². The number of hydrogen-bond donors (Lipinski definition) is 0. The lowest BCUT2D eigenvalue weighted by Crippen LogP contribution is -1.74. The molecule has 17 heavy (non-hydrogen) atoms. The van der Waals surface area contributed by atoms with Gasteiger partial charge in [-0.2, -0.15) is 0 Å². The summed E-state index contributed by atoms with van der Waals surface area (Å²) in [5.74, 6) is 0. The normalized spacial score (nSPS) is 14.5. The van der Waals surface area contributed by atoms with E-state index in [0.29, 0.717) is 0 Å². The van der Waals surface area contributed by atoms with E-state index in [9.17, 15) is 0 Å². The van der Waals surface area contributed by atoms with Crippen molar-refractivity contribution in [2.24, 2.45) is 0 Å². The van der Waals surface area contributed by atoms with Crippen LogP contribution < -0.4 is 0 Å². The molecular weight excluding hydrogens is 344 g/mol. The maximum absolute atomic E-state index is 4.94. The first-order chi connectivity index (χ1) is 8.25. The molecule has 1 fully saturated rings. The van der Waals surface area contributed by atoms with Gasteiger partial charge in [0.25, 0.3) is 0 Å². The molecule has 0 radical (unpaired) electrons. The highest BCUT2D eigenvalue weighted by molar-refractivity contribution is 9.10. The van der Waals surface area contributed by atoms with E-state index >= 15 is 0 Å². The molecule has 1 nitrogen and oxygen atoms in total. The van der Waals surface area contributed by atoms with Gasteiger partial charge >= 0.3 is 0 Å². The molecule has 1 saturated heterocycles. The Balaban J connectivity index is 0.000000181. The maximum atomic E-state index is 4.94. The molecule has 0 aliphatic carbocycles. The summed E-state index contributed by atoms with van der Waals surface area (Å²) in [6, 6.07) is 12.5. The Morgan fingerprint density at radius 3 is 1.59 bits per heavy atom. The Hall–Kier alpha value is -0.380. The minimum Gasteiger partial charge on any atom is -0.381 e. The first-order valence-electron chi connectivity index (χ1n) is 5.68. The predicted molar refractivity (Wildman–Crippen MR) is 79.4 cm³/mol. The largest absolute Gasteiger partial charge is 0.381 e. The Morgan fingerprint density at radius 1 is 0.765 bits per heavy atom. The summed E-state index contributed by atoms with van der Waals surface area (Å²) in [7, 11) is 0. The van der Waals surface area contributed by atoms with Crippen LogP contribution in [-0.4, -0.2) is 13.2 Å². The lowest BCUT2D eigenvalue weighted by atomic mass is 10.1. The third-order valence-electron chi connectivity index (χ3n) is 2.59. The van der Waals surface area contributed by atoms with Crippen molar-refractivity contribution < 1.29 is 4.74 Å². The number of halogens is 2. The van der Waals surface area contributed by atoms with E-state index in [1.807, 2.05) is 0 Å². The average Bonchev–Trinajstić information content (AvgIpc) is 2.88. The summed E-state index contributed by atoms with van der Waals surface area (Å²) in [5.41, 5.74) is 0. The van der Waals surface area contributed by atoms with Crippen LogP contribution in [0.15, 0.2) is 45.3 Å². The molecule has 0 aromatic heterocycles. The van der Waals surface area contributed by atoms with Crippen molar-refractivity contribution in [2.45, 2.75) is 12.8 Å². The molecule has 0 spiro atoms. The monoisotopic (exact) mass is 356 g/mol. The zero-order chi connectivity index (χ0) is 12.1. The summed E-state index contributed by atoms with van der Waals surface area (Å²) in [6.07, 6.45) is 2.56. The van der Waals surface area contributed by atoms with Gasteiger partial charge in [0.15, 0.2) is 0 Å². The Kier molecular flexibility index (Phi) is 5.01. The molecule has 3 heteroatoms. The molecule has 3 rings (SSSR count). The van der Waals surface area contributed by atoms with E-state index in [2.05, 4.69) is 68.3 Å². The van der Waals surface area contributed by atoms with Crippen molar-refractivity contribution in [3.8, 4) is 0 Å². The van der Waals surface area contributed by atoms with E-state index in [0.717, 1.165) is 22.2 Å². The highest BCUT2D eigenvalue weighted by Crippen LogP contribution is 2.22. The number of fused-ring (bicyclic) bond motifs is 1. The molecular formula is C14H14Br2O. The number of benzene rings is 2. The molecule has 1 heterocycles. The fourth-order valence-electron chi connectivity index (χ4n) is 1.70. The van der Waals surface area contributed by atoms with Crippen LogP contribution in [0.3, 0.4) is 0 Å². The van der Waals surface area contributed by atoms with Gasteiger partial charge in [0.2, 0.25) is 0 Å². The minimum atomic E-state index is 1.00. The van der Waals surface area contributed by atoms with Crippen molar-refractivity contribution in [1.82, 2.24) is 0 Å². The van der Waals surface area contributed by atoms with Gasteiger partial charge < -0.3 is 4.74 Å². The molecule has 1 aliphatic heterocycles. The second kappa shape index (κ2) is 6.53. The maximum Gasteiger partial charge on any atom is 0.0466 e. The molecule has 0 bridgehead atoms. The third-order valence-corrected chi connectivity index (χ3v) is 3.58. The van der Waals surface area contributed by atoms with Gasteiger partial charge in [0.05, 0.1) is 0 Å². The van der Waals surface area contributed by atoms with Crippen molar-refractivity contribution in [3.05, 3.63) is 45.3 Å². The molecule has 90 valence electrons. The van der Waals surface area contributed by atoms with Crippen LogP contribution >= 0.6 is 31.9 Å².